The molecular formula is C24H38O2. The zero-order valence-electron chi connectivity index (χ0n) is 16.8. The first-order valence-electron chi connectivity index (χ1n) is 11.0. The average Bonchev–Trinajstić information content (AvgIpc) is 2.66. The fraction of sp³-hybridized carbons (Fsp3) is 0.708. The fourth-order valence-corrected chi connectivity index (χ4v) is 3.88. The summed E-state index contributed by atoms with van der Waals surface area (Å²) in [4.78, 5) is 11.6. The van der Waals surface area contributed by atoms with Gasteiger partial charge in [-0.15, -0.1) is 0 Å². The van der Waals surface area contributed by atoms with Crippen molar-refractivity contribution in [3.05, 3.63) is 35.4 Å². The first-order chi connectivity index (χ1) is 12.8. The maximum atomic E-state index is 11.6. The molecule has 1 aliphatic rings. The summed E-state index contributed by atoms with van der Waals surface area (Å²) >= 11 is 0. The molecule has 1 aromatic rings. The van der Waals surface area contributed by atoms with E-state index in [0.29, 0.717) is 6.61 Å². The molecule has 1 fully saturated rings. The Bertz CT molecular complexity index is 491. The summed E-state index contributed by atoms with van der Waals surface area (Å²) in [7, 11) is 0. The number of ether oxygens (including phenoxy) is 1. The molecule has 1 atom stereocenters. The molecule has 0 saturated carbocycles. The summed E-state index contributed by atoms with van der Waals surface area (Å²) in [6, 6.07) is 9.29. The fourth-order valence-electron chi connectivity index (χ4n) is 3.88. The smallest absolute Gasteiger partial charge is 0.308 e. The van der Waals surface area contributed by atoms with Gasteiger partial charge in [0.25, 0.3) is 0 Å². The van der Waals surface area contributed by atoms with Crippen LogP contribution in [0.3, 0.4) is 0 Å². The summed E-state index contributed by atoms with van der Waals surface area (Å²) in [5.74, 6) is 0.237. The van der Waals surface area contributed by atoms with E-state index in [1.54, 1.807) is 0 Å². The second-order valence-electron chi connectivity index (χ2n) is 7.94. The highest BCUT2D eigenvalue weighted by Crippen LogP contribution is 2.22. The quantitative estimate of drug-likeness (QED) is 0.291. The van der Waals surface area contributed by atoms with Gasteiger partial charge in [0, 0.05) is 0 Å². The van der Waals surface area contributed by atoms with Crippen LogP contribution in [-0.2, 0) is 22.4 Å². The first-order valence-corrected chi connectivity index (χ1v) is 11.0. The number of hydrogen-bond donors (Lipinski definition) is 0. The van der Waals surface area contributed by atoms with Gasteiger partial charge in [0.1, 0.15) is 0 Å². The molecule has 2 nitrogen and oxygen atoms in total. The van der Waals surface area contributed by atoms with Crippen LogP contribution in [0.2, 0.25) is 0 Å². The number of benzene rings is 1. The normalized spacial score (nSPS) is 17.3. The van der Waals surface area contributed by atoms with Crippen molar-refractivity contribution in [3.63, 3.8) is 0 Å². The molecule has 1 heterocycles. The minimum Gasteiger partial charge on any atom is -0.465 e. The highest BCUT2D eigenvalue weighted by molar-refractivity contribution is 5.72. The summed E-state index contributed by atoms with van der Waals surface area (Å²) in [5.41, 5.74) is 2.98. The Kier molecular flexibility index (Phi) is 10.5. The van der Waals surface area contributed by atoms with Gasteiger partial charge in [-0.2, -0.15) is 0 Å². The second-order valence-corrected chi connectivity index (χ2v) is 7.94. The lowest BCUT2D eigenvalue weighted by atomic mass is 9.94. The van der Waals surface area contributed by atoms with Crippen LogP contribution >= 0.6 is 0 Å². The van der Waals surface area contributed by atoms with Crippen LogP contribution in [0.1, 0.15) is 95.1 Å². The number of cyclic esters (lactones) is 1. The van der Waals surface area contributed by atoms with E-state index in [9.17, 15) is 4.79 Å². The highest BCUT2D eigenvalue weighted by atomic mass is 16.5. The van der Waals surface area contributed by atoms with Crippen LogP contribution in [0.15, 0.2) is 24.3 Å². The van der Waals surface area contributed by atoms with Crippen molar-refractivity contribution >= 4 is 5.97 Å². The number of carbonyl (C=O) groups is 1. The Morgan fingerprint density at radius 1 is 0.846 bits per heavy atom. The number of aryl methyl sites for hydroxylation is 2. The predicted molar refractivity (Wildman–Crippen MR) is 109 cm³/mol. The number of hydrogen-bond acceptors (Lipinski definition) is 2. The molecule has 0 bridgehead atoms. The monoisotopic (exact) mass is 358 g/mol. The Hall–Kier alpha value is -1.31. The third-order valence-electron chi connectivity index (χ3n) is 5.63. The van der Waals surface area contributed by atoms with Crippen LogP contribution in [0.5, 0.6) is 0 Å². The van der Waals surface area contributed by atoms with Gasteiger partial charge < -0.3 is 4.74 Å². The molecule has 0 aromatic heterocycles. The van der Waals surface area contributed by atoms with Crippen molar-refractivity contribution in [1.82, 2.24) is 0 Å². The van der Waals surface area contributed by atoms with Crippen LogP contribution in [0, 0.1) is 5.92 Å². The Balaban J connectivity index is 1.45. The summed E-state index contributed by atoms with van der Waals surface area (Å²) in [5, 5.41) is 0. The van der Waals surface area contributed by atoms with Gasteiger partial charge in [0.15, 0.2) is 0 Å². The SMILES string of the molecule is CCCCCc1ccc(CCCCCCCCC2CCCOC2=O)cc1. The molecule has 0 N–H and O–H groups in total. The standard InChI is InChI=1S/C24H38O2/c1-2-3-8-12-21-16-18-22(19-17-21)13-9-6-4-5-7-10-14-23-15-11-20-26-24(23)25/h16-19,23H,2-15,20H2,1H3. The largest absolute Gasteiger partial charge is 0.465 e. The van der Waals surface area contributed by atoms with E-state index in [0.717, 1.165) is 19.3 Å². The van der Waals surface area contributed by atoms with E-state index >= 15 is 0 Å². The summed E-state index contributed by atoms with van der Waals surface area (Å²) < 4.78 is 5.14. The van der Waals surface area contributed by atoms with Gasteiger partial charge in [-0.05, 0) is 56.1 Å². The number of esters is 1. The zero-order valence-corrected chi connectivity index (χ0v) is 16.8. The molecule has 0 amide bonds. The highest BCUT2D eigenvalue weighted by Gasteiger charge is 2.22. The molecule has 0 radical (unpaired) electrons. The first kappa shape index (κ1) is 21.0. The minimum atomic E-state index is 0.0487. The van der Waals surface area contributed by atoms with Crippen molar-refractivity contribution in [2.45, 2.75) is 96.8 Å². The maximum Gasteiger partial charge on any atom is 0.308 e. The van der Waals surface area contributed by atoms with Crippen LogP contribution in [0.4, 0.5) is 0 Å². The van der Waals surface area contributed by atoms with E-state index in [2.05, 4.69) is 31.2 Å². The van der Waals surface area contributed by atoms with E-state index < -0.39 is 0 Å². The van der Waals surface area contributed by atoms with Gasteiger partial charge in [-0.1, -0.05) is 76.1 Å². The van der Waals surface area contributed by atoms with Crippen molar-refractivity contribution in [2.75, 3.05) is 6.61 Å². The van der Waals surface area contributed by atoms with Crippen molar-refractivity contribution in [1.29, 1.82) is 0 Å². The molecule has 146 valence electrons. The molecule has 1 unspecified atom stereocenters. The van der Waals surface area contributed by atoms with Gasteiger partial charge >= 0.3 is 5.97 Å². The molecule has 1 saturated heterocycles. The van der Waals surface area contributed by atoms with Crippen LogP contribution < -0.4 is 0 Å². The lowest BCUT2D eigenvalue weighted by molar-refractivity contribution is -0.153. The van der Waals surface area contributed by atoms with Gasteiger partial charge in [-0.25, -0.2) is 0 Å². The second kappa shape index (κ2) is 12.9. The third-order valence-corrected chi connectivity index (χ3v) is 5.63. The van der Waals surface area contributed by atoms with Gasteiger partial charge in [0.2, 0.25) is 0 Å². The summed E-state index contributed by atoms with van der Waals surface area (Å²) in [6.07, 6.45) is 17.2. The van der Waals surface area contributed by atoms with Crippen molar-refractivity contribution < 1.29 is 9.53 Å². The van der Waals surface area contributed by atoms with E-state index in [4.69, 9.17) is 4.74 Å². The third kappa shape index (κ3) is 8.38. The number of carbonyl (C=O) groups excluding carboxylic acids is 1. The van der Waals surface area contributed by atoms with Crippen molar-refractivity contribution in [2.24, 2.45) is 5.92 Å². The average molecular weight is 359 g/mol. The Labute approximate surface area is 160 Å². The van der Waals surface area contributed by atoms with Crippen molar-refractivity contribution in [3.8, 4) is 0 Å². The van der Waals surface area contributed by atoms with E-state index in [-0.39, 0.29) is 11.9 Å². The van der Waals surface area contributed by atoms with Gasteiger partial charge in [-0.3, -0.25) is 4.79 Å². The van der Waals surface area contributed by atoms with Gasteiger partial charge in [0.05, 0.1) is 12.5 Å². The predicted octanol–water partition coefficient (Wildman–Crippen LogP) is 6.65. The Morgan fingerprint density at radius 3 is 2.04 bits per heavy atom. The molecule has 1 aliphatic heterocycles. The zero-order chi connectivity index (χ0) is 18.5. The van der Waals surface area contributed by atoms with Crippen LogP contribution in [-0.4, -0.2) is 12.6 Å². The lowest BCUT2D eigenvalue weighted by Crippen LogP contribution is -2.23. The maximum absolute atomic E-state index is 11.6. The van der Waals surface area contributed by atoms with E-state index in [1.807, 2.05) is 0 Å². The molecule has 0 spiro atoms. The van der Waals surface area contributed by atoms with E-state index in [1.165, 1.54) is 81.8 Å². The molecule has 1 aromatic carbocycles. The minimum absolute atomic E-state index is 0.0487. The molecule has 26 heavy (non-hydrogen) atoms. The Morgan fingerprint density at radius 2 is 1.42 bits per heavy atom. The summed E-state index contributed by atoms with van der Waals surface area (Å²) in [6.45, 7) is 2.90. The number of unbranched alkanes of at least 4 members (excludes halogenated alkanes) is 7. The topological polar surface area (TPSA) is 26.3 Å². The molecule has 0 aliphatic carbocycles. The lowest BCUT2D eigenvalue weighted by Gasteiger charge is -2.20. The molecular weight excluding hydrogens is 320 g/mol. The molecule has 2 rings (SSSR count). The molecule has 2 heteroatoms. The number of rotatable bonds is 13. The van der Waals surface area contributed by atoms with Crippen LogP contribution in [0.25, 0.3) is 0 Å².